The minimum Gasteiger partial charge on any atom is -0.370 e. The molecule has 1 aromatic carbocycles. The standard InChI is InChI=1S/C21H25F3N4O3/c1-20(13-5-6-13)18(30)28(19(31)26-20)12-17(29)25-15-11-14(21(22,23)24)7-8-16(15)27-9-3-2-4-10-27/h7-8,11,13H,2-6,9-10,12H2,1H3,(H,25,29)(H,26,31)/t20-/m1/s1. The first-order valence-electron chi connectivity index (χ1n) is 10.5. The zero-order valence-electron chi connectivity index (χ0n) is 17.2. The van der Waals surface area contributed by atoms with Crippen molar-refractivity contribution >= 4 is 29.2 Å². The molecule has 4 amide bonds. The Morgan fingerprint density at radius 1 is 1.19 bits per heavy atom. The van der Waals surface area contributed by atoms with E-state index >= 15 is 0 Å². The molecule has 2 N–H and O–H groups in total. The smallest absolute Gasteiger partial charge is 0.370 e. The Morgan fingerprint density at radius 2 is 1.87 bits per heavy atom. The van der Waals surface area contributed by atoms with Gasteiger partial charge in [-0.1, -0.05) is 0 Å². The number of amides is 4. The zero-order chi connectivity index (χ0) is 22.4. The van der Waals surface area contributed by atoms with E-state index in [-0.39, 0.29) is 11.6 Å². The van der Waals surface area contributed by atoms with E-state index in [0.717, 1.165) is 49.1 Å². The third kappa shape index (κ3) is 4.20. The molecule has 3 aliphatic rings. The number of carbonyl (C=O) groups is 3. The summed E-state index contributed by atoms with van der Waals surface area (Å²) in [6.07, 6.45) is -0.0350. The Labute approximate surface area is 177 Å². The largest absolute Gasteiger partial charge is 0.416 e. The van der Waals surface area contributed by atoms with E-state index in [0.29, 0.717) is 18.8 Å². The fourth-order valence-electron chi connectivity index (χ4n) is 4.35. The van der Waals surface area contributed by atoms with Crippen LogP contribution in [0.3, 0.4) is 0 Å². The number of piperidine rings is 1. The molecule has 31 heavy (non-hydrogen) atoms. The number of benzene rings is 1. The Bertz CT molecular complexity index is 910. The van der Waals surface area contributed by atoms with Crippen molar-refractivity contribution in [3.63, 3.8) is 0 Å². The molecule has 2 aliphatic heterocycles. The van der Waals surface area contributed by atoms with E-state index in [2.05, 4.69) is 10.6 Å². The highest BCUT2D eigenvalue weighted by molar-refractivity contribution is 6.10. The second-order valence-corrected chi connectivity index (χ2v) is 8.62. The Morgan fingerprint density at radius 3 is 2.48 bits per heavy atom. The topological polar surface area (TPSA) is 81.8 Å². The Balaban J connectivity index is 1.53. The summed E-state index contributed by atoms with van der Waals surface area (Å²) in [5, 5.41) is 5.16. The van der Waals surface area contributed by atoms with Crippen molar-refractivity contribution in [3.8, 4) is 0 Å². The number of nitrogens with zero attached hydrogens (tertiary/aromatic N) is 2. The zero-order valence-corrected chi connectivity index (χ0v) is 17.2. The first kappa shape index (κ1) is 21.5. The average molecular weight is 438 g/mol. The van der Waals surface area contributed by atoms with E-state index in [1.807, 2.05) is 4.90 Å². The SMILES string of the molecule is C[C@]1(C2CC2)NC(=O)N(CC(=O)Nc2cc(C(F)(F)F)ccc2N2CCCCC2)C1=O. The summed E-state index contributed by atoms with van der Waals surface area (Å²) in [7, 11) is 0. The number of halogens is 3. The number of imide groups is 1. The molecule has 10 heteroatoms. The van der Waals surface area contributed by atoms with Gasteiger partial charge in [-0.05, 0) is 63.1 Å². The maximum atomic E-state index is 13.2. The molecule has 168 valence electrons. The first-order chi connectivity index (χ1) is 14.6. The summed E-state index contributed by atoms with van der Waals surface area (Å²) < 4.78 is 39.7. The van der Waals surface area contributed by atoms with Crippen molar-refractivity contribution < 1.29 is 27.6 Å². The van der Waals surface area contributed by atoms with Crippen molar-refractivity contribution in [1.29, 1.82) is 0 Å². The van der Waals surface area contributed by atoms with Gasteiger partial charge in [0.05, 0.1) is 16.9 Å². The number of rotatable bonds is 5. The molecule has 2 heterocycles. The van der Waals surface area contributed by atoms with Gasteiger partial charge in [0, 0.05) is 13.1 Å². The number of hydrogen-bond donors (Lipinski definition) is 2. The number of alkyl halides is 3. The number of carbonyl (C=O) groups excluding carboxylic acids is 3. The van der Waals surface area contributed by atoms with Crippen molar-refractivity contribution in [2.24, 2.45) is 5.92 Å². The number of urea groups is 1. The van der Waals surface area contributed by atoms with Gasteiger partial charge in [-0.2, -0.15) is 13.2 Å². The highest BCUT2D eigenvalue weighted by Gasteiger charge is 2.56. The van der Waals surface area contributed by atoms with E-state index in [1.54, 1.807) is 6.92 Å². The lowest BCUT2D eigenvalue weighted by Crippen LogP contribution is -2.46. The molecule has 7 nitrogen and oxygen atoms in total. The van der Waals surface area contributed by atoms with Gasteiger partial charge >= 0.3 is 12.2 Å². The third-order valence-electron chi connectivity index (χ3n) is 6.29. The monoisotopic (exact) mass is 438 g/mol. The van der Waals surface area contributed by atoms with E-state index in [9.17, 15) is 27.6 Å². The van der Waals surface area contributed by atoms with Crippen LogP contribution >= 0.6 is 0 Å². The van der Waals surface area contributed by atoms with Gasteiger partial charge in [-0.3, -0.25) is 14.5 Å². The van der Waals surface area contributed by atoms with Gasteiger partial charge in [0.1, 0.15) is 12.1 Å². The van der Waals surface area contributed by atoms with Crippen molar-refractivity contribution in [1.82, 2.24) is 10.2 Å². The summed E-state index contributed by atoms with van der Waals surface area (Å²) >= 11 is 0. The van der Waals surface area contributed by atoms with Crippen molar-refractivity contribution in [2.45, 2.75) is 50.7 Å². The fourth-order valence-corrected chi connectivity index (χ4v) is 4.35. The summed E-state index contributed by atoms with van der Waals surface area (Å²) in [5.74, 6) is -1.15. The lowest BCUT2D eigenvalue weighted by Gasteiger charge is -2.31. The van der Waals surface area contributed by atoms with Crippen molar-refractivity contribution in [3.05, 3.63) is 23.8 Å². The first-order valence-corrected chi connectivity index (χ1v) is 10.5. The molecule has 0 unspecified atom stereocenters. The molecule has 1 atom stereocenters. The van der Waals surface area contributed by atoms with Crippen LogP contribution in [0.25, 0.3) is 0 Å². The summed E-state index contributed by atoms with van der Waals surface area (Å²) in [6, 6.07) is 2.61. The summed E-state index contributed by atoms with van der Waals surface area (Å²) in [4.78, 5) is 40.4. The van der Waals surface area contributed by atoms with Crippen LogP contribution in [-0.4, -0.2) is 47.9 Å². The minimum atomic E-state index is -4.56. The van der Waals surface area contributed by atoms with E-state index < -0.39 is 41.7 Å². The molecule has 1 aliphatic carbocycles. The van der Waals surface area contributed by atoms with E-state index in [4.69, 9.17) is 0 Å². The Hall–Kier alpha value is -2.78. The number of nitrogens with one attached hydrogen (secondary N) is 2. The lowest BCUT2D eigenvalue weighted by atomic mass is 9.96. The predicted octanol–water partition coefficient (Wildman–Crippen LogP) is 3.35. The normalized spacial score (nSPS) is 24.4. The molecule has 0 spiro atoms. The van der Waals surface area contributed by atoms with Crippen LogP contribution in [0, 0.1) is 5.92 Å². The average Bonchev–Trinajstić information content (AvgIpc) is 3.54. The Kier molecular flexibility index (Phi) is 5.35. The second kappa shape index (κ2) is 7.72. The van der Waals surface area contributed by atoms with Gasteiger partial charge in [0.2, 0.25) is 5.91 Å². The quantitative estimate of drug-likeness (QED) is 0.691. The van der Waals surface area contributed by atoms with Gasteiger partial charge in [0.25, 0.3) is 5.91 Å². The van der Waals surface area contributed by atoms with Crippen LogP contribution in [0.2, 0.25) is 0 Å². The molecule has 0 aromatic heterocycles. The molecule has 0 radical (unpaired) electrons. The maximum Gasteiger partial charge on any atom is 0.416 e. The molecule has 1 saturated carbocycles. The molecule has 1 aromatic rings. The van der Waals surface area contributed by atoms with Gasteiger partial charge < -0.3 is 15.5 Å². The molecule has 4 rings (SSSR count). The molecule has 2 saturated heterocycles. The third-order valence-corrected chi connectivity index (χ3v) is 6.29. The minimum absolute atomic E-state index is 0.0266. The maximum absolute atomic E-state index is 13.2. The van der Waals surface area contributed by atoms with Crippen LogP contribution in [0.15, 0.2) is 18.2 Å². The molecular weight excluding hydrogens is 413 g/mol. The molecule has 0 bridgehead atoms. The highest BCUT2D eigenvalue weighted by Crippen LogP contribution is 2.42. The van der Waals surface area contributed by atoms with Crippen LogP contribution in [0.5, 0.6) is 0 Å². The van der Waals surface area contributed by atoms with Crippen LogP contribution in [-0.2, 0) is 15.8 Å². The predicted molar refractivity (Wildman–Crippen MR) is 108 cm³/mol. The van der Waals surface area contributed by atoms with Crippen molar-refractivity contribution in [2.75, 3.05) is 29.9 Å². The summed E-state index contributed by atoms with van der Waals surface area (Å²) in [5.41, 5.74) is -1.37. The number of anilines is 2. The van der Waals surface area contributed by atoms with Gasteiger partial charge in [-0.15, -0.1) is 0 Å². The molecular formula is C21H25F3N4O3. The second-order valence-electron chi connectivity index (χ2n) is 8.62. The van der Waals surface area contributed by atoms with Crippen LogP contribution in [0.1, 0.15) is 44.6 Å². The van der Waals surface area contributed by atoms with Gasteiger partial charge in [-0.25, -0.2) is 4.79 Å². The summed E-state index contributed by atoms with van der Waals surface area (Å²) in [6.45, 7) is 2.45. The highest BCUT2D eigenvalue weighted by atomic mass is 19.4. The van der Waals surface area contributed by atoms with E-state index in [1.165, 1.54) is 6.07 Å². The van der Waals surface area contributed by atoms with Crippen LogP contribution in [0.4, 0.5) is 29.3 Å². The lowest BCUT2D eigenvalue weighted by molar-refractivity contribution is -0.137. The number of hydrogen-bond acceptors (Lipinski definition) is 4. The van der Waals surface area contributed by atoms with Crippen LogP contribution < -0.4 is 15.5 Å². The molecule has 3 fully saturated rings. The van der Waals surface area contributed by atoms with Gasteiger partial charge in [0.15, 0.2) is 0 Å². The fraction of sp³-hybridized carbons (Fsp3) is 0.571.